The van der Waals surface area contributed by atoms with E-state index in [1.54, 1.807) is 0 Å². The predicted molar refractivity (Wildman–Crippen MR) is 116 cm³/mol. The SMILES string of the molecule is CCc1cccc(NC(=O)c2coc([C@@H](NC(=O)C3CCN(C)CC3)C(C)C)n2)c1. The van der Waals surface area contributed by atoms with Crippen LogP contribution in [0.2, 0.25) is 0 Å². The normalized spacial score (nSPS) is 16.4. The van der Waals surface area contributed by atoms with Gasteiger partial charge in [-0.05, 0) is 63.0 Å². The molecule has 162 valence electrons. The average Bonchev–Trinajstić information content (AvgIpc) is 3.22. The Balaban J connectivity index is 1.66. The number of rotatable bonds is 7. The Morgan fingerprint density at radius 3 is 2.67 bits per heavy atom. The van der Waals surface area contributed by atoms with Crippen LogP contribution < -0.4 is 10.6 Å². The number of aryl methyl sites for hydroxylation is 1. The van der Waals surface area contributed by atoms with Crippen LogP contribution in [0, 0.1) is 11.8 Å². The molecule has 7 nitrogen and oxygen atoms in total. The third kappa shape index (κ3) is 5.48. The molecule has 1 aromatic heterocycles. The number of nitrogens with one attached hydrogen (secondary N) is 2. The van der Waals surface area contributed by atoms with E-state index in [-0.39, 0.29) is 35.4 Å². The zero-order chi connectivity index (χ0) is 21.7. The van der Waals surface area contributed by atoms with E-state index in [9.17, 15) is 9.59 Å². The minimum Gasteiger partial charge on any atom is -0.446 e. The summed E-state index contributed by atoms with van der Waals surface area (Å²) in [7, 11) is 2.07. The van der Waals surface area contributed by atoms with Crippen LogP contribution in [0.5, 0.6) is 0 Å². The molecule has 1 atom stereocenters. The number of piperidine rings is 1. The van der Waals surface area contributed by atoms with Crippen molar-refractivity contribution in [2.75, 3.05) is 25.5 Å². The number of oxazole rings is 1. The maximum Gasteiger partial charge on any atom is 0.277 e. The van der Waals surface area contributed by atoms with Crippen molar-refractivity contribution < 1.29 is 14.0 Å². The maximum atomic E-state index is 12.8. The first-order chi connectivity index (χ1) is 14.4. The van der Waals surface area contributed by atoms with E-state index in [4.69, 9.17) is 4.42 Å². The van der Waals surface area contributed by atoms with Gasteiger partial charge in [-0.2, -0.15) is 0 Å². The van der Waals surface area contributed by atoms with Gasteiger partial charge < -0.3 is 20.0 Å². The summed E-state index contributed by atoms with van der Waals surface area (Å²) in [6.07, 6.45) is 3.95. The molecule has 0 saturated carbocycles. The summed E-state index contributed by atoms with van der Waals surface area (Å²) >= 11 is 0. The lowest BCUT2D eigenvalue weighted by Gasteiger charge is -2.29. The number of carbonyl (C=O) groups is 2. The van der Waals surface area contributed by atoms with Gasteiger partial charge in [-0.1, -0.05) is 32.9 Å². The fourth-order valence-corrected chi connectivity index (χ4v) is 3.65. The molecule has 1 aliphatic heterocycles. The first kappa shape index (κ1) is 22.0. The molecule has 7 heteroatoms. The van der Waals surface area contributed by atoms with E-state index < -0.39 is 0 Å². The van der Waals surface area contributed by atoms with Gasteiger partial charge in [0.1, 0.15) is 12.3 Å². The molecule has 1 fully saturated rings. The van der Waals surface area contributed by atoms with E-state index in [1.807, 2.05) is 38.1 Å². The lowest BCUT2D eigenvalue weighted by atomic mass is 9.95. The standard InChI is InChI=1S/C23H32N4O3/c1-5-16-7-6-8-18(13-16)24-22(29)19-14-30-23(25-19)20(15(2)3)26-21(28)17-9-11-27(4)12-10-17/h6-8,13-15,17,20H,5,9-12H2,1-4H3,(H,24,29)(H,26,28)/t20-/m0/s1. The monoisotopic (exact) mass is 412 g/mol. The molecule has 1 aliphatic rings. The fraction of sp³-hybridized carbons (Fsp3) is 0.522. The highest BCUT2D eigenvalue weighted by Crippen LogP contribution is 2.24. The van der Waals surface area contributed by atoms with Gasteiger partial charge in [0.05, 0.1) is 0 Å². The minimum absolute atomic E-state index is 0.00558. The molecular weight excluding hydrogens is 380 g/mol. The number of nitrogens with zero attached hydrogens (tertiary/aromatic N) is 2. The topological polar surface area (TPSA) is 87.5 Å². The van der Waals surface area contributed by atoms with Crippen LogP contribution in [0.3, 0.4) is 0 Å². The van der Waals surface area contributed by atoms with Crippen LogP contribution in [0.15, 0.2) is 34.9 Å². The molecule has 2 amide bonds. The highest BCUT2D eigenvalue weighted by atomic mass is 16.3. The zero-order valence-electron chi connectivity index (χ0n) is 18.3. The van der Waals surface area contributed by atoms with Crippen LogP contribution in [-0.2, 0) is 11.2 Å². The van der Waals surface area contributed by atoms with E-state index in [1.165, 1.54) is 6.26 Å². The number of likely N-dealkylation sites (tertiary alicyclic amines) is 1. The van der Waals surface area contributed by atoms with Crippen molar-refractivity contribution in [1.29, 1.82) is 0 Å². The summed E-state index contributed by atoms with van der Waals surface area (Å²) < 4.78 is 5.60. The Kier molecular flexibility index (Phi) is 7.26. The van der Waals surface area contributed by atoms with Gasteiger partial charge in [0.25, 0.3) is 5.91 Å². The molecule has 2 aromatic rings. The molecule has 1 saturated heterocycles. The van der Waals surface area contributed by atoms with Crippen LogP contribution in [0.25, 0.3) is 0 Å². The summed E-state index contributed by atoms with van der Waals surface area (Å²) in [4.78, 5) is 32.0. The van der Waals surface area contributed by atoms with Crippen molar-refractivity contribution >= 4 is 17.5 Å². The van der Waals surface area contributed by atoms with Gasteiger partial charge in [-0.25, -0.2) is 4.98 Å². The molecule has 3 rings (SSSR count). The van der Waals surface area contributed by atoms with Gasteiger partial charge in [0, 0.05) is 11.6 Å². The number of amides is 2. The van der Waals surface area contributed by atoms with Crippen LogP contribution in [0.1, 0.15) is 61.6 Å². The van der Waals surface area contributed by atoms with Crippen LogP contribution in [-0.4, -0.2) is 41.8 Å². The largest absolute Gasteiger partial charge is 0.446 e. The fourth-order valence-electron chi connectivity index (χ4n) is 3.65. The second-order valence-electron chi connectivity index (χ2n) is 8.39. The molecule has 0 bridgehead atoms. The number of hydrogen-bond acceptors (Lipinski definition) is 5. The van der Waals surface area contributed by atoms with Crippen molar-refractivity contribution in [2.45, 2.75) is 46.1 Å². The van der Waals surface area contributed by atoms with E-state index in [2.05, 4.69) is 34.5 Å². The first-order valence-corrected chi connectivity index (χ1v) is 10.7. The summed E-state index contributed by atoms with van der Waals surface area (Å²) in [5, 5.41) is 5.95. The summed E-state index contributed by atoms with van der Waals surface area (Å²) in [5.41, 5.74) is 2.07. The third-order valence-electron chi connectivity index (χ3n) is 5.67. The molecule has 30 heavy (non-hydrogen) atoms. The Hall–Kier alpha value is -2.67. The molecule has 0 aliphatic carbocycles. The lowest BCUT2D eigenvalue weighted by Crippen LogP contribution is -2.41. The van der Waals surface area contributed by atoms with Gasteiger partial charge in [-0.3, -0.25) is 9.59 Å². The van der Waals surface area contributed by atoms with Crippen molar-refractivity contribution in [3.05, 3.63) is 47.7 Å². The van der Waals surface area contributed by atoms with Gasteiger partial charge in [-0.15, -0.1) is 0 Å². The smallest absolute Gasteiger partial charge is 0.277 e. The summed E-state index contributed by atoms with van der Waals surface area (Å²) in [5.74, 6) is 0.144. The van der Waals surface area contributed by atoms with Gasteiger partial charge in [0.2, 0.25) is 11.8 Å². The Morgan fingerprint density at radius 1 is 1.27 bits per heavy atom. The highest BCUT2D eigenvalue weighted by Gasteiger charge is 2.29. The quantitative estimate of drug-likeness (QED) is 0.725. The highest BCUT2D eigenvalue weighted by molar-refractivity contribution is 6.02. The third-order valence-corrected chi connectivity index (χ3v) is 5.67. The number of benzene rings is 1. The Morgan fingerprint density at radius 2 is 2.00 bits per heavy atom. The zero-order valence-corrected chi connectivity index (χ0v) is 18.3. The number of aromatic nitrogens is 1. The lowest BCUT2D eigenvalue weighted by molar-refractivity contribution is -0.127. The molecular formula is C23H32N4O3. The van der Waals surface area contributed by atoms with Crippen LogP contribution >= 0.6 is 0 Å². The molecule has 0 radical (unpaired) electrons. The maximum absolute atomic E-state index is 12.8. The molecule has 0 unspecified atom stereocenters. The second-order valence-corrected chi connectivity index (χ2v) is 8.39. The number of anilines is 1. The van der Waals surface area contributed by atoms with Crippen molar-refractivity contribution in [2.24, 2.45) is 11.8 Å². The number of hydrogen-bond donors (Lipinski definition) is 2. The van der Waals surface area contributed by atoms with Crippen molar-refractivity contribution in [1.82, 2.24) is 15.2 Å². The van der Waals surface area contributed by atoms with E-state index >= 15 is 0 Å². The van der Waals surface area contributed by atoms with Crippen molar-refractivity contribution in [3.63, 3.8) is 0 Å². The van der Waals surface area contributed by atoms with E-state index in [0.29, 0.717) is 5.89 Å². The predicted octanol–water partition coefficient (Wildman–Crippen LogP) is 3.64. The molecule has 2 N–H and O–H groups in total. The van der Waals surface area contributed by atoms with E-state index in [0.717, 1.165) is 43.6 Å². The summed E-state index contributed by atoms with van der Waals surface area (Å²) in [6, 6.07) is 7.34. The Labute approximate surface area is 178 Å². The number of carbonyl (C=O) groups excluding carboxylic acids is 2. The molecule has 1 aromatic carbocycles. The van der Waals surface area contributed by atoms with Crippen molar-refractivity contribution in [3.8, 4) is 0 Å². The first-order valence-electron chi connectivity index (χ1n) is 10.7. The van der Waals surface area contributed by atoms with Crippen LogP contribution in [0.4, 0.5) is 5.69 Å². The summed E-state index contributed by atoms with van der Waals surface area (Å²) in [6.45, 7) is 7.91. The minimum atomic E-state index is -0.373. The van der Waals surface area contributed by atoms with Gasteiger partial charge in [0.15, 0.2) is 5.69 Å². The average molecular weight is 413 g/mol. The Bertz CT molecular complexity index is 869. The molecule has 2 heterocycles. The second kappa shape index (κ2) is 9.89. The van der Waals surface area contributed by atoms with Gasteiger partial charge >= 0.3 is 0 Å². The molecule has 0 spiro atoms.